The lowest BCUT2D eigenvalue weighted by atomic mass is 9.87. The molecule has 2 amide bonds. The minimum absolute atomic E-state index is 0.0184. The van der Waals surface area contributed by atoms with Gasteiger partial charge in [-0.2, -0.15) is 5.10 Å². The third-order valence-electron chi connectivity index (χ3n) is 3.14. The Hall–Kier alpha value is -0.988. The highest BCUT2D eigenvalue weighted by atomic mass is 27.1. The van der Waals surface area contributed by atoms with Gasteiger partial charge in [0.05, 0.1) is 12.2 Å². The fourth-order valence-corrected chi connectivity index (χ4v) is 2.56. The summed E-state index contributed by atoms with van der Waals surface area (Å²) < 4.78 is 2.81. The van der Waals surface area contributed by atoms with Crippen molar-refractivity contribution in [1.82, 2.24) is 19.4 Å². The average Bonchev–Trinajstić information content (AvgIpc) is 2.70. The van der Waals surface area contributed by atoms with Gasteiger partial charge in [-0.05, 0) is 0 Å². The van der Waals surface area contributed by atoms with Gasteiger partial charge >= 0.3 is 16.5 Å². The quantitative estimate of drug-likeness (QED) is 0.652. The van der Waals surface area contributed by atoms with E-state index in [1.54, 1.807) is 0 Å². The normalized spacial score (nSPS) is 15.6. The molecular formula is C11H19AlN4O. The molecule has 92 valence electrons. The van der Waals surface area contributed by atoms with Crippen molar-refractivity contribution in [3.05, 3.63) is 17.0 Å². The van der Waals surface area contributed by atoms with E-state index in [9.17, 15) is 4.79 Å². The van der Waals surface area contributed by atoms with Crippen molar-refractivity contribution in [1.29, 1.82) is 0 Å². The van der Waals surface area contributed by atoms with E-state index in [-0.39, 0.29) is 11.4 Å². The summed E-state index contributed by atoms with van der Waals surface area (Å²) >= 11 is 0.694. The molecule has 0 fully saturated rings. The highest BCUT2D eigenvalue weighted by molar-refractivity contribution is 6.13. The molecule has 2 rings (SSSR count). The fourth-order valence-electron chi connectivity index (χ4n) is 2.25. The summed E-state index contributed by atoms with van der Waals surface area (Å²) in [5, 5.41) is 7.52. The maximum absolute atomic E-state index is 11.7. The smallest absolute Gasteiger partial charge is 0.366 e. The summed E-state index contributed by atoms with van der Waals surface area (Å²) in [5.41, 5.74) is 3.49. The van der Waals surface area contributed by atoms with Crippen LogP contribution in [0, 0.1) is 0 Å². The van der Waals surface area contributed by atoms with Crippen molar-refractivity contribution < 1.29 is 4.79 Å². The molecule has 0 radical (unpaired) electrons. The van der Waals surface area contributed by atoms with Crippen LogP contribution >= 0.6 is 0 Å². The second-order valence-electron chi connectivity index (χ2n) is 5.51. The van der Waals surface area contributed by atoms with E-state index in [1.807, 2.05) is 4.90 Å². The summed E-state index contributed by atoms with van der Waals surface area (Å²) in [7, 11) is 0. The third-order valence-corrected chi connectivity index (χ3v) is 3.57. The van der Waals surface area contributed by atoms with Gasteiger partial charge in [0.1, 0.15) is 0 Å². The highest BCUT2D eigenvalue weighted by Crippen LogP contribution is 2.29. The zero-order valence-electron chi connectivity index (χ0n) is 10.9. The lowest BCUT2D eigenvalue weighted by Gasteiger charge is -2.28. The molecule has 0 saturated heterocycles. The van der Waals surface area contributed by atoms with E-state index in [4.69, 9.17) is 0 Å². The monoisotopic (exact) mass is 250 g/mol. The number of carbonyl (C=O) groups excluding carboxylic acids is 1. The number of nitrogens with one attached hydrogen (secondary N) is 2. The van der Waals surface area contributed by atoms with E-state index >= 15 is 0 Å². The molecule has 2 heterocycles. The van der Waals surface area contributed by atoms with Crippen molar-refractivity contribution in [2.45, 2.75) is 39.2 Å². The summed E-state index contributed by atoms with van der Waals surface area (Å²) in [4.78, 5) is 13.5. The van der Waals surface area contributed by atoms with Crippen molar-refractivity contribution in [2.24, 2.45) is 0 Å². The Bertz CT molecular complexity index is 435. The molecule has 0 aliphatic carbocycles. The Morgan fingerprint density at radius 3 is 2.82 bits per heavy atom. The van der Waals surface area contributed by atoms with Crippen molar-refractivity contribution in [3.63, 3.8) is 0 Å². The first kappa shape index (κ1) is 12.5. The molecule has 0 atom stereocenters. The van der Waals surface area contributed by atoms with Crippen molar-refractivity contribution >= 4 is 22.5 Å². The largest absolute Gasteiger partial charge is 0.435 e. The van der Waals surface area contributed by atoms with Crippen molar-refractivity contribution in [2.75, 3.05) is 6.54 Å². The Kier molecular flexibility index (Phi) is 3.20. The number of nitrogens with zero attached hydrogens (tertiary/aromatic N) is 2. The first-order chi connectivity index (χ1) is 7.93. The van der Waals surface area contributed by atoms with Crippen LogP contribution in [0.5, 0.6) is 0 Å². The molecule has 2 N–H and O–H groups in total. The molecule has 0 aromatic carbocycles. The zero-order chi connectivity index (χ0) is 12.6. The van der Waals surface area contributed by atoms with Gasteiger partial charge in [-0.15, -0.1) is 0 Å². The van der Waals surface area contributed by atoms with E-state index in [2.05, 4.69) is 35.3 Å². The number of aromatic amines is 1. The molecule has 1 aromatic heterocycles. The number of urea groups is 1. The van der Waals surface area contributed by atoms with Gasteiger partial charge < -0.3 is 9.20 Å². The van der Waals surface area contributed by atoms with Gasteiger partial charge in [0.15, 0.2) is 0 Å². The number of H-pyrrole nitrogens is 1. The summed E-state index contributed by atoms with van der Waals surface area (Å²) in [6.45, 7) is 7.89. The van der Waals surface area contributed by atoms with Crippen LogP contribution in [-0.2, 0) is 18.4 Å². The Morgan fingerprint density at radius 2 is 2.24 bits per heavy atom. The number of hydrogen-bond acceptors (Lipinski definition) is 2. The summed E-state index contributed by atoms with van der Waals surface area (Å²) in [6.07, 6.45) is 0.868. The minimum atomic E-state index is 0.0184. The Morgan fingerprint density at radius 1 is 1.53 bits per heavy atom. The molecule has 5 nitrogen and oxygen atoms in total. The van der Waals surface area contributed by atoms with Crippen molar-refractivity contribution in [3.8, 4) is 0 Å². The topological polar surface area (TPSA) is 61.0 Å². The second kappa shape index (κ2) is 4.36. The SMILES string of the molecule is CC(C)(C)c1n[nH]c2c1CN(C(=O)[NH][AlH2])CC2. The minimum Gasteiger partial charge on any atom is -0.435 e. The molecule has 1 aliphatic rings. The fraction of sp³-hybridized carbons (Fsp3) is 0.636. The van der Waals surface area contributed by atoms with Gasteiger partial charge in [-0.3, -0.25) is 9.89 Å². The van der Waals surface area contributed by atoms with E-state index in [0.717, 1.165) is 18.7 Å². The predicted octanol–water partition coefficient (Wildman–Crippen LogP) is 0.323. The number of fused-ring (bicyclic) bond motifs is 1. The molecule has 0 saturated carbocycles. The number of amides is 2. The Labute approximate surface area is 110 Å². The molecule has 1 aliphatic heterocycles. The third kappa shape index (κ3) is 2.33. The first-order valence-corrected chi connectivity index (χ1v) is 6.96. The lowest BCUT2D eigenvalue weighted by molar-refractivity contribution is 0.198. The van der Waals surface area contributed by atoms with Crippen LogP contribution in [0.3, 0.4) is 0 Å². The number of aromatic nitrogens is 2. The number of carbonyl (C=O) groups is 1. The molecular weight excluding hydrogens is 231 g/mol. The predicted molar refractivity (Wildman–Crippen MR) is 68.5 cm³/mol. The zero-order valence-corrected chi connectivity index (χ0v) is 12.9. The second-order valence-corrected chi connectivity index (χ2v) is 6.01. The van der Waals surface area contributed by atoms with Gasteiger partial charge in [0.2, 0.25) is 0 Å². The van der Waals surface area contributed by atoms with Crippen LogP contribution in [0.1, 0.15) is 37.7 Å². The summed E-state index contributed by atoms with van der Waals surface area (Å²) in [5.74, 6) is 0. The number of rotatable bonds is 0. The highest BCUT2D eigenvalue weighted by Gasteiger charge is 2.29. The molecule has 17 heavy (non-hydrogen) atoms. The molecule has 6 heteroatoms. The van der Waals surface area contributed by atoms with Gasteiger partial charge in [-0.1, -0.05) is 20.8 Å². The number of hydrogen-bond donors (Lipinski definition) is 2. The van der Waals surface area contributed by atoms with E-state index in [0.29, 0.717) is 23.1 Å². The summed E-state index contributed by atoms with van der Waals surface area (Å²) in [6, 6.07) is 0.0448. The standard InChI is InChI=1S/C11H18N4O.Al.2H/c1-11(2,3)9-7-6-15(10(12)16)5-4-8(7)13-14-9;;;/h4-6H2,1-3H3,(H3,12,13,14,16);;;/q;+1;;/p-1. The van der Waals surface area contributed by atoms with Crippen LogP contribution in [-0.4, -0.2) is 44.2 Å². The van der Waals surface area contributed by atoms with Gasteiger partial charge in [0, 0.05) is 29.6 Å². The Balaban J connectivity index is 2.29. The molecule has 0 spiro atoms. The van der Waals surface area contributed by atoms with E-state index < -0.39 is 0 Å². The van der Waals surface area contributed by atoms with Crippen LogP contribution in [0.25, 0.3) is 0 Å². The van der Waals surface area contributed by atoms with Crippen LogP contribution in [0.2, 0.25) is 0 Å². The van der Waals surface area contributed by atoms with Gasteiger partial charge in [0.25, 0.3) is 6.03 Å². The maximum atomic E-state index is 11.7. The van der Waals surface area contributed by atoms with Gasteiger partial charge in [-0.25, -0.2) is 0 Å². The van der Waals surface area contributed by atoms with Crippen LogP contribution < -0.4 is 4.30 Å². The molecule has 0 unspecified atom stereocenters. The van der Waals surface area contributed by atoms with Crippen LogP contribution in [0.4, 0.5) is 4.79 Å². The first-order valence-electron chi connectivity index (χ1n) is 5.96. The van der Waals surface area contributed by atoms with Crippen LogP contribution in [0.15, 0.2) is 0 Å². The lowest BCUT2D eigenvalue weighted by Crippen LogP contribution is -2.42. The van der Waals surface area contributed by atoms with E-state index in [1.165, 1.54) is 11.3 Å². The molecule has 0 bridgehead atoms. The molecule has 1 aromatic rings. The maximum Gasteiger partial charge on any atom is 0.366 e. The average molecular weight is 250 g/mol.